The molecule has 1 aromatic heterocycles. The largest absolute Gasteiger partial charge is 0.419 e. The van der Waals surface area contributed by atoms with Gasteiger partial charge in [0.15, 0.2) is 5.58 Å². The molecule has 1 atom stereocenters. The lowest BCUT2D eigenvalue weighted by atomic mass is 9.77. The molecule has 4 heteroatoms. The van der Waals surface area contributed by atoms with Gasteiger partial charge in [-0.1, -0.05) is 12.5 Å². The molecule has 90 valence electrons. The van der Waals surface area contributed by atoms with Gasteiger partial charge in [-0.2, -0.15) is 0 Å². The zero-order valence-electron chi connectivity index (χ0n) is 9.85. The molecule has 0 radical (unpaired) electrons. The third kappa shape index (κ3) is 1.60. The van der Waals surface area contributed by atoms with Crippen molar-refractivity contribution in [2.75, 3.05) is 0 Å². The summed E-state index contributed by atoms with van der Waals surface area (Å²) in [7, 11) is 1.71. The molecule has 0 bridgehead atoms. The van der Waals surface area contributed by atoms with E-state index in [0.717, 1.165) is 11.1 Å². The van der Waals surface area contributed by atoms with Crippen molar-refractivity contribution >= 4 is 11.1 Å². The Balaban J connectivity index is 2.04. The number of hydrogen-bond acceptors (Lipinski definition) is 3. The maximum atomic E-state index is 11.4. The minimum Gasteiger partial charge on any atom is -0.408 e. The first kappa shape index (κ1) is 10.6. The zero-order valence-corrected chi connectivity index (χ0v) is 9.85. The third-order valence-corrected chi connectivity index (χ3v) is 3.86. The molecule has 1 unspecified atom stereocenters. The van der Waals surface area contributed by atoms with Gasteiger partial charge in [-0.15, -0.1) is 0 Å². The maximum Gasteiger partial charge on any atom is 0.419 e. The quantitative estimate of drug-likeness (QED) is 0.860. The van der Waals surface area contributed by atoms with Crippen molar-refractivity contribution in [2.24, 2.45) is 18.7 Å². The van der Waals surface area contributed by atoms with Crippen LogP contribution in [0.2, 0.25) is 0 Å². The van der Waals surface area contributed by atoms with Crippen molar-refractivity contribution in [2.45, 2.75) is 25.3 Å². The summed E-state index contributed by atoms with van der Waals surface area (Å²) in [4.78, 5) is 11.4. The normalized spacial score (nSPS) is 18.2. The Bertz CT molecular complexity index is 607. The number of oxazole rings is 1. The van der Waals surface area contributed by atoms with Crippen molar-refractivity contribution in [1.82, 2.24) is 4.57 Å². The maximum absolute atomic E-state index is 11.4. The summed E-state index contributed by atoms with van der Waals surface area (Å²) >= 11 is 0. The number of aromatic nitrogens is 1. The summed E-state index contributed by atoms with van der Waals surface area (Å²) in [6, 6.07) is 5.88. The van der Waals surface area contributed by atoms with Gasteiger partial charge in [0.2, 0.25) is 0 Å². The van der Waals surface area contributed by atoms with Crippen LogP contribution in [0.5, 0.6) is 0 Å². The fraction of sp³-hybridized carbons (Fsp3) is 0.462. The Morgan fingerprint density at radius 2 is 2.24 bits per heavy atom. The van der Waals surface area contributed by atoms with Gasteiger partial charge in [-0.25, -0.2) is 4.79 Å². The van der Waals surface area contributed by atoms with Gasteiger partial charge in [-0.3, -0.25) is 4.57 Å². The van der Waals surface area contributed by atoms with Crippen LogP contribution in [0.4, 0.5) is 0 Å². The van der Waals surface area contributed by atoms with Gasteiger partial charge in [0.05, 0.1) is 5.52 Å². The van der Waals surface area contributed by atoms with Crippen LogP contribution < -0.4 is 11.5 Å². The van der Waals surface area contributed by atoms with Crippen molar-refractivity contribution < 1.29 is 4.42 Å². The van der Waals surface area contributed by atoms with E-state index in [4.69, 9.17) is 10.2 Å². The highest BCUT2D eigenvalue weighted by Gasteiger charge is 2.25. The van der Waals surface area contributed by atoms with Gasteiger partial charge >= 0.3 is 5.76 Å². The molecule has 0 saturated heterocycles. The predicted octanol–water partition coefficient (Wildman–Crippen LogP) is 1.93. The summed E-state index contributed by atoms with van der Waals surface area (Å²) in [5.74, 6) is 0.261. The molecule has 4 nitrogen and oxygen atoms in total. The first-order chi connectivity index (χ1) is 8.16. The van der Waals surface area contributed by atoms with E-state index < -0.39 is 0 Å². The molecule has 0 aliphatic heterocycles. The molecule has 1 aliphatic carbocycles. The molecule has 17 heavy (non-hydrogen) atoms. The molecule has 1 heterocycles. The lowest BCUT2D eigenvalue weighted by Gasteiger charge is -2.31. The second-order valence-corrected chi connectivity index (χ2v) is 4.87. The van der Waals surface area contributed by atoms with Crippen molar-refractivity contribution in [1.29, 1.82) is 0 Å². The van der Waals surface area contributed by atoms with Gasteiger partial charge in [0, 0.05) is 13.1 Å². The monoisotopic (exact) mass is 232 g/mol. The number of nitrogens with zero attached hydrogens (tertiary/aromatic N) is 1. The highest BCUT2D eigenvalue weighted by atomic mass is 16.4. The van der Waals surface area contributed by atoms with Gasteiger partial charge in [0.1, 0.15) is 0 Å². The molecule has 1 aliphatic rings. The number of aryl methyl sites for hydroxylation is 1. The predicted molar refractivity (Wildman–Crippen MR) is 65.7 cm³/mol. The number of fused-ring (bicyclic) bond motifs is 1. The Morgan fingerprint density at radius 1 is 1.47 bits per heavy atom. The fourth-order valence-electron chi connectivity index (χ4n) is 2.43. The van der Waals surface area contributed by atoms with Crippen molar-refractivity contribution in [3.63, 3.8) is 0 Å². The van der Waals surface area contributed by atoms with Crippen LogP contribution in [0.15, 0.2) is 27.4 Å². The van der Waals surface area contributed by atoms with Crippen LogP contribution in [0.3, 0.4) is 0 Å². The van der Waals surface area contributed by atoms with Gasteiger partial charge in [0.25, 0.3) is 0 Å². The average Bonchev–Trinajstić information content (AvgIpc) is 2.52. The first-order valence-electron chi connectivity index (χ1n) is 6.02. The molecule has 0 amide bonds. The fourth-order valence-corrected chi connectivity index (χ4v) is 2.43. The van der Waals surface area contributed by atoms with Crippen LogP contribution in [0.25, 0.3) is 11.1 Å². The van der Waals surface area contributed by atoms with Crippen LogP contribution >= 0.6 is 0 Å². The Labute approximate surface area is 99.0 Å². The van der Waals surface area contributed by atoms with Gasteiger partial charge in [-0.05, 0) is 36.5 Å². The second-order valence-electron chi connectivity index (χ2n) is 4.87. The second kappa shape index (κ2) is 3.74. The SMILES string of the molecule is Cn1c(=O)oc2cc(C(N)C3CCC3)ccc21. The standard InChI is InChI=1S/C13H16N2O2/c1-15-10-6-5-9(7-11(10)17-13(15)16)12(14)8-3-2-4-8/h5-8,12H,2-4,14H2,1H3. The highest BCUT2D eigenvalue weighted by molar-refractivity contribution is 5.73. The first-order valence-corrected chi connectivity index (χ1v) is 6.02. The molecular formula is C13H16N2O2. The van der Waals surface area contributed by atoms with E-state index in [-0.39, 0.29) is 11.8 Å². The lowest BCUT2D eigenvalue weighted by molar-refractivity contribution is 0.264. The highest BCUT2D eigenvalue weighted by Crippen LogP contribution is 2.36. The minimum absolute atomic E-state index is 0.0682. The Morgan fingerprint density at radius 3 is 2.88 bits per heavy atom. The topological polar surface area (TPSA) is 61.2 Å². The van der Waals surface area contributed by atoms with Crippen LogP contribution in [-0.4, -0.2) is 4.57 Å². The van der Waals surface area contributed by atoms with Crippen molar-refractivity contribution in [3.05, 3.63) is 34.3 Å². The lowest BCUT2D eigenvalue weighted by Crippen LogP contribution is -2.26. The van der Waals surface area contributed by atoms with E-state index in [0.29, 0.717) is 11.5 Å². The summed E-state index contributed by atoms with van der Waals surface area (Å²) in [5.41, 5.74) is 8.72. The summed E-state index contributed by atoms with van der Waals surface area (Å²) < 4.78 is 6.68. The van der Waals surface area contributed by atoms with E-state index in [1.54, 1.807) is 7.05 Å². The average molecular weight is 232 g/mol. The number of nitrogens with two attached hydrogens (primary N) is 1. The molecule has 1 fully saturated rings. The molecular weight excluding hydrogens is 216 g/mol. The van der Waals surface area contributed by atoms with Crippen LogP contribution in [0, 0.1) is 5.92 Å². The number of rotatable bonds is 2. The number of hydrogen-bond donors (Lipinski definition) is 1. The molecule has 0 spiro atoms. The minimum atomic E-state index is -0.325. The molecule has 2 N–H and O–H groups in total. The van der Waals surface area contributed by atoms with Crippen molar-refractivity contribution in [3.8, 4) is 0 Å². The molecule has 1 aromatic carbocycles. The van der Waals surface area contributed by atoms with E-state index >= 15 is 0 Å². The van der Waals surface area contributed by atoms with Gasteiger partial charge < -0.3 is 10.2 Å². The van der Waals surface area contributed by atoms with E-state index in [2.05, 4.69) is 0 Å². The van der Waals surface area contributed by atoms with E-state index in [9.17, 15) is 4.79 Å². The van der Waals surface area contributed by atoms with Crippen LogP contribution in [0.1, 0.15) is 30.9 Å². The zero-order chi connectivity index (χ0) is 12.0. The van der Waals surface area contributed by atoms with E-state index in [1.165, 1.54) is 23.8 Å². The number of benzene rings is 1. The van der Waals surface area contributed by atoms with Crippen LogP contribution in [-0.2, 0) is 7.05 Å². The summed E-state index contributed by atoms with van der Waals surface area (Å²) in [6.45, 7) is 0. The smallest absolute Gasteiger partial charge is 0.408 e. The molecule has 2 aromatic rings. The Hall–Kier alpha value is -1.55. The summed E-state index contributed by atoms with van der Waals surface area (Å²) in [5, 5.41) is 0. The third-order valence-electron chi connectivity index (χ3n) is 3.86. The van der Waals surface area contributed by atoms with E-state index in [1.807, 2.05) is 18.2 Å². The molecule has 1 saturated carbocycles. The Kier molecular flexibility index (Phi) is 2.33. The summed E-state index contributed by atoms with van der Waals surface area (Å²) in [6.07, 6.45) is 3.69. The molecule has 3 rings (SSSR count).